The third-order valence-corrected chi connectivity index (χ3v) is 3.96. The van der Waals surface area contributed by atoms with Crippen LogP contribution in [0.1, 0.15) is 18.9 Å². The summed E-state index contributed by atoms with van der Waals surface area (Å²) in [6.07, 6.45) is 1.16. The number of hydrogen-bond acceptors (Lipinski definition) is 4. The van der Waals surface area contributed by atoms with Gasteiger partial charge in [-0.15, -0.1) is 0 Å². The molecule has 1 fully saturated rings. The van der Waals surface area contributed by atoms with E-state index in [1.807, 2.05) is 24.3 Å². The molecule has 0 aromatic heterocycles. The molecule has 0 radical (unpaired) electrons. The van der Waals surface area contributed by atoms with Gasteiger partial charge in [-0.1, -0.05) is 25.1 Å². The minimum absolute atomic E-state index is 0.0429. The summed E-state index contributed by atoms with van der Waals surface area (Å²) >= 11 is 0. The number of para-hydroxylation sites is 1. The molecule has 1 aliphatic rings. The molecule has 1 atom stereocenters. The summed E-state index contributed by atoms with van der Waals surface area (Å²) in [5.74, 6) is 1.18. The van der Waals surface area contributed by atoms with Gasteiger partial charge in [0.15, 0.2) is 6.61 Å². The maximum absolute atomic E-state index is 11.8. The molecule has 1 aliphatic heterocycles. The van der Waals surface area contributed by atoms with Gasteiger partial charge in [0.1, 0.15) is 5.75 Å². The lowest BCUT2D eigenvalue weighted by atomic mass is 10.1. The molecule has 0 saturated carbocycles. The van der Waals surface area contributed by atoms with Crippen molar-refractivity contribution < 1.29 is 9.53 Å². The van der Waals surface area contributed by atoms with Crippen molar-refractivity contribution in [3.8, 4) is 5.75 Å². The van der Waals surface area contributed by atoms with Gasteiger partial charge in [-0.2, -0.15) is 0 Å². The molecule has 1 heterocycles. The van der Waals surface area contributed by atoms with Gasteiger partial charge < -0.3 is 20.7 Å². The monoisotopic (exact) mass is 291 g/mol. The first-order chi connectivity index (χ1) is 10.2. The van der Waals surface area contributed by atoms with Crippen molar-refractivity contribution in [2.75, 3.05) is 32.8 Å². The van der Waals surface area contributed by atoms with Crippen molar-refractivity contribution in [1.29, 1.82) is 0 Å². The Labute approximate surface area is 126 Å². The van der Waals surface area contributed by atoms with Crippen LogP contribution in [0.25, 0.3) is 0 Å². The van der Waals surface area contributed by atoms with Gasteiger partial charge in [0, 0.05) is 25.2 Å². The molecule has 21 heavy (non-hydrogen) atoms. The van der Waals surface area contributed by atoms with E-state index in [-0.39, 0.29) is 12.5 Å². The molecule has 5 heteroatoms. The number of benzene rings is 1. The maximum Gasteiger partial charge on any atom is 0.257 e. The fourth-order valence-electron chi connectivity index (χ4n) is 2.63. The molecule has 2 rings (SSSR count). The van der Waals surface area contributed by atoms with Crippen molar-refractivity contribution in [1.82, 2.24) is 10.2 Å². The topological polar surface area (TPSA) is 67.6 Å². The molecule has 0 spiro atoms. The molecular weight excluding hydrogens is 266 g/mol. The van der Waals surface area contributed by atoms with Crippen LogP contribution in [0.15, 0.2) is 24.3 Å². The zero-order valence-electron chi connectivity index (χ0n) is 12.7. The van der Waals surface area contributed by atoms with Crippen molar-refractivity contribution in [3.63, 3.8) is 0 Å². The van der Waals surface area contributed by atoms with Crippen LogP contribution in [0.5, 0.6) is 5.75 Å². The molecule has 1 saturated heterocycles. The van der Waals surface area contributed by atoms with E-state index in [1.165, 1.54) is 0 Å². The van der Waals surface area contributed by atoms with Crippen LogP contribution in [-0.2, 0) is 11.3 Å². The average molecular weight is 291 g/mol. The van der Waals surface area contributed by atoms with E-state index in [0.717, 1.165) is 38.2 Å². The predicted octanol–water partition coefficient (Wildman–Crippen LogP) is 0.982. The van der Waals surface area contributed by atoms with Crippen molar-refractivity contribution in [3.05, 3.63) is 29.8 Å². The van der Waals surface area contributed by atoms with E-state index in [4.69, 9.17) is 10.5 Å². The summed E-state index contributed by atoms with van der Waals surface area (Å²) < 4.78 is 5.54. The van der Waals surface area contributed by atoms with E-state index >= 15 is 0 Å². The number of nitrogens with zero attached hydrogens (tertiary/aromatic N) is 1. The highest BCUT2D eigenvalue weighted by molar-refractivity contribution is 5.77. The Bertz CT molecular complexity index is 465. The van der Waals surface area contributed by atoms with Crippen LogP contribution in [0, 0.1) is 5.92 Å². The molecule has 3 N–H and O–H groups in total. The van der Waals surface area contributed by atoms with Gasteiger partial charge in [0.2, 0.25) is 0 Å². The summed E-state index contributed by atoms with van der Waals surface area (Å²) in [7, 11) is 0. The fourth-order valence-corrected chi connectivity index (χ4v) is 2.63. The summed E-state index contributed by atoms with van der Waals surface area (Å²) in [6.45, 7) is 6.66. The smallest absolute Gasteiger partial charge is 0.257 e. The summed E-state index contributed by atoms with van der Waals surface area (Å²) in [4.78, 5) is 14.3. The number of likely N-dealkylation sites (tertiary alicyclic amines) is 1. The third-order valence-electron chi connectivity index (χ3n) is 3.96. The Kier molecular flexibility index (Phi) is 6.02. The molecule has 116 valence electrons. The number of nitrogens with two attached hydrogens (primary N) is 1. The van der Waals surface area contributed by atoms with Crippen LogP contribution in [0.4, 0.5) is 0 Å². The van der Waals surface area contributed by atoms with E-state index in [1.54, 1.807) is 0 Å². The van der Waals surface area contributed by atoms with E-state index < -0.39 is 0 Å². The number of hydrogen-bond donors (Lipinski definition) is 2. The Morgan fingerprint density at radius 3 is 3.00 bits per heavy atom. The van der Waals surface area contributed by atoms with Crippen LogP contribution < -0.4 is 15.8 Å². The summed E-state index contributed by atoms with van der Waals surface area (Å²) in [6, 6.07) is 7.54. The predicted molar refractivity (Wildman–Crippen MR) is 83.1 cm³/mol. The lowest BCUT2D eigenvalue weighted by Crippen LogP contribution is -2.34. The minimum Gasteiger partial charge on any atom is -0.483 e. The third kappa shape index (κ3) is 4.72. The second-order valence-electron chi connectivity index (χ2n) is 5.45. The number of rotatable bonds is 7. The first-order valence-corrected chi connectivity index (χ1v) is 7.62. The van der Waals surface area contributed by atoms with Crippen LogP contribution in [0.3, 0.4) is 0 Å². The maximum atomic E-state index is 11.8. The number of ether oxygens (including phenoxy) is 1. The van der Waals surface area contributed by atoms with Crippen LogP contribution >= 0.6 is 0 Å². The lowest BCUT2D eigenvalue weighted by Gasteiger charge is -2.14. The molecule has 0 aliphatic carbocycles. The fraction of sp³-hybridized carbons (Fsp3) is 0.562. The Balaban J connectivity index is 1.70. The molecule has 0 bridgehead atoms. The lowest BCUT2D eigenvalue weighted by molar-refractivity contribution is -0.123. The molecule has 1 aromatic carbocycles. The van der Waals surface area contributed by atoms with Crippen molar-refractivity contribution in [2.24, 2.45) is 11.7 Å². The first kappa shape index (κ1) is 15.8. The average Bonchev–Trinajstić information content (AvgIpc) is 2.99. The second-order valence-corrected chi connectivity index (χ2v) is 5.45. The van der Waals surface area contributed by atoms with E-state index in [0.29, 0.717) is 18.2 Å². The second kappa shape index (κ2) is 8.00. The Hall–Kier alpha value is -1.59. The molecular formula is C16H25N3O2. The van der Waals surface area contributed by atoms with E-state index in [9.17, 15) is 4.79 Å². The van der Waals surface area contributed by atoms with Gasteiger partial charge in [-0.3, -0.25) is 4.79 Å². The SMILES string of the molecule is CCN1CCC(CNC(=O)COc2ccccc2CN)C1. The number of amides is 1. The zero-order valence-corrected chi connectivity index (χ0v) is 12.7. The van der Waals surface area contributed by atoms with Crippen LogP contribution in [0.2, 0.25) is 0 Å². The Morgan fingerprint density at radius 1 is 1.48 bits per heavy atom. The van der Waals surface area contributed by atoms with Crippen molar-refractivity contribution in [2.45, 2.75) is 19.9 Å². The van der Waals surface area contributed by atoms with E-state index in [2.05, 4.69) is 17.1 Å². The summed E-state index contributed by atoms with van der Waals surface area (Å²) in [5.41, 5.74) is 6.56. The highest BCUT2D eigenvalue weighted by Crippen LogP contribution is 2.17. The van der Waals surface area contributed by atoms with Gasteiger partial charge >= 0.3 is 0 Å². The number of carbonyl (C=O) groups is 1. The normalized spacial score (nSPS) is 18.7. The number of carbonyl (C=O) groups excluding carboxylic acids is 1. The summed E-state index contributed by atoms with van der Waals surface area (Å²) in [5, 5.41) is 2.96. The molecule has 1 amide bonds. The van der Waals surface area contributed by atoms with Crippen LogP contribution in [-0.4, -0.2) is 43.6 Å². The standard InChI is InChI=1S/C16H25N3O2/c1-2-19-8-7-13(11-19)10-18-16(20)12-21-15-6-4-3-5-14(15)9-17/h3-6,13H,2,7-12,17H2,1H3,(H,18,20). The molecule has 1 aromatic rings. The van der Waals surface area contributed by atoms with Gasteiger partial charge in [-0.25, -0.2) is 0 Å². The van der Waals surface area contributed by atoms with Gasteiger partial charge in [0.05, 0.1) is 0 Å². The number of nitrogens with one attached hydrogen (secondary N) is 1. The first-order valence-electron chi connectivity index (χ1n) is 7.62. The van der Waals surface area contributed by atoms with Gasteiger partial charge in [-0.05, 0) is 31.5 Å². The highest BCUT2D eigenvalue weighted by atomic mass is 16.5. The highest BCUT2D eigenvalue weighted by Gasteiger charge is 2.21. The Morgan fingerprint density at radius 2 is 2.29 bits per heavy atom. The zero-order chi connectivity index (χ0) is 15.1. The minimum atomic E-state index is -0.0724. The molecule has 5 nitrogen and oxygen atoms in total. The van der Waals surface area contributed by atoms with Crippen molar-refractivity contribution >= 4 is 5.91 Å². The largest absolute Gasteiger partial charge is 0.483 e. The molecule has 1 unspecified atom stereocenters. The van der Waals surface area contributed by atoms with Gasteiger partial charge in [0.25, 0.3) is 5.91 Å². The quantitative estimate of drug-likeness (QED) is 0.786.